The summed E-state index contributed by atoms with van der Waals surface area (Å²) in [7, 11) is 0. The number of amides is 1. The van der Waals surface area contributed by atoms with Crippen molar-refractivity contribution >= 4 is 22.9 Å². The fourth-order valence-corrected chi connectivity index (χ4v) is 2.71. The van der Waals surface area contributed by atoms with Crippen molar-refractivity contribution in [1.29, 1.82) is 0 Å². The Morgan fingerprint density at radius 2 is 1.96 bits per heavy atom. The second kappa shape index (κ2) is 7.17. The second-order valence-corrected chi connectivity index (χ2v) is 5.91. The van der Waals surface area contributed by atoms with Crippen LogP contribution in [0.4, 0.5) is 11.5 Å². The van der Waals surface area contributed by atoms with Crippen LogP contribution in [0.25, 0.3) is 5.52 Å². The molecule has 4 rings (SSSR count). The number of anilines is 2. The van der Waals surface area contributed by atoms with E-state index in [0.717, 1.165) is 5.56 Å². The topological polar surface area (TPSA) is 94.5 Å². The molecule has 0 aliphatic heterocycles. The van der Waals surface area contributed by atoms with E-state index >= 15 is 0 Å². The lowest BCUT2D eigenvalue weighted by molar-refractivity contribution is 0.101. The summed E-state index contributed by atoms with van der Waals surface area (Å²) < 4.78 is 7.40. The highest BCUT2D eigenvalue weighted by atomic mass is 16.5. The monoisotopic (exact) mass is 359 g/mol. The van der Waals surface area contributed by atoms with E-state index in [1.54, 1.807) is 22.7 Å². The van der Waals surface area contributed by atoms with E-state index in [1.165, 1.54) is 12.4 Å². The first-order valence-electron chi connectivity index (χ1n) is 8.36. The largest absolute Gasteiger partial charge is 0.489 e. The van der Waals surface area contributed by atoms with Gasteiger partial charge in [0.1, 0.15) is 23.7 Å². The number of rotatable bonds is 5. The van der Waals surface area contributed by atoms with Crippen LogP contribution in [0.1, 0.15) is 16.2 Å². The lowest BCUT2D eigenvalue weighted by Gasteiger charge is -2.09. The van der Waals surface area contributed by atoms with Gasteiger partial charge in [0.2, 0.25) is 5.82 Å². The SMILES string of the molecule is Nc1nccn2c(C(=O)Nc3cccc(OCc4ccccc4)c3)ncc12. The molecule has 2 heterocycles. The van der Waals surface area contributed by atoms with Crippen molar-refractivity contribution < 1.29 is 9.53 Å². The fraction of sp³-hybridized carbons (Fsp3) is 0.0500. The minimum Gasteiger partial charge on any atom is -0.489 e. The normalized spacial score (nSPS) is 10.7. The summed E-state index contributed by atoms with van der Waals surface area (Å²) in [6.07, 6.45) is 4.70. The summed E-state index contributed by atoms with van der Waals surface area (Å²) >= 11 is 0. The first kappa shape index (κ1) is 16.6. The highest BCUT2D eigenvalue weighted by molar-refractivity contribution is 6.02. The molecule has 2 aromatic carbocycles. The van der Waals surface area contributed by atoms with Crippen LogP contribution in [0, 0.1) is 0 Å². The Hall–Kier alpha value is -3.87. The van der Waals surface area contributed by atoms with Crippen molar-refractivity contribution in [3.63, 3.8) is 0 Å². The van der Waals surface area contributed by atoms with Crippen LogP contribution in [0.15, 0.2) is 73.2 Å². The van der Waals surface area contributed by atoms with Crippen LogP contribution in [0.5, 0.6) is 5.75 Å². The van der Waals surface area contributed by atoms with E-state index < -0.39 is 0 Å². The molecule has 0 aliphatic carbocycles. The Balaban J connectivity index is 1.49. The average Bonchev–Trinajstić information content (AvgIpc) is 3.13. The quantitative estimate of drug-likeness (QED) is 0.571. The number of hydrogen-bond donors (Lipinski definition) is 2. The van der Waals surface area contributed by atoms with E-state index in [9.17, 15) is 4.79 Å². The van der Waals surface area contributed by atoms with Gasteiger partial charge in [-0.2, -0.15) is 0 Å². The van der Waals surface area contributed by atoms with Gasteiger partial charge < -0.3 is 15.8 Å². The molecule has 0 aliphatic rings. The molecule has 0 fully saturated rings. The molecule has 134 valence electrons. The number of ether oxygens (including phenoxy) is 1. The summed E-state index contributed by atoms with van der Waals surface area (Å²) in [5, 5.41) is 2.83. The fourth-order valence-electron chi connectivity index (χ4n) is 2.71. The number of nitrogen functional groups attached to an aromatic ring is 1. The van der Waals surface area contributed by atoms with Gasteiger partial charge >= 0.3 is 0 Å². The van der Waals surface area contributed by atoms with E-state index in [1.807, 2.05) is 42.5 Å². The number of imidazole rings is 1. The number of hydrogen-bond acceptors (Lipinski definition) is 5. The molecule has 0 atom stereocenters. The van der Waals surface area contributed by atoms with Crippen LogP contribution in [0.3, 0.4) is 0 Å². The van der Waals surface area contributed by atoms with Gasteiger partial charge in [-0.3, -0.25) is 9.20 Å². The van der Waals surface area contributed by atoms with Crippen LogP contribution in [-0.2, 0) is 6.61 Å². The Labute approximate surface area is 155 Å². The molecule has 0 radical (unpaired) electrons. The highest BCUT2D eigenvalue weighted by Crippen LogP contribution is 2.20. The molecule has 0 saturated carbocycles. The van der Waals surface area contributed by atoms with Gasteiger partial charge in [0, 0.05) is 24.1 Å². The van der Waals surface area contributed by atoms with Crippen LogP contribution in [0.2, 0.25) is 0 Å². The van der Waals surface area contributed by atoms with Crippen molar-refractivity contribution in [1.82, 2.24) is 14.4 Å². The number of carbonyl (C=O) groups excluding carboxylic acids is 1. The molecular formula is C20H17N5O2. The number of aromatic nitrogens is 3. The molecule has 0 bridgehead atoms. The third kappa shape index (κ3) is 3.57. The molecule has 0 unspecified atom stereocenters. The summed E-state index contributed by atoms with van der Waals surface area (Å²) in [6, 6.07) is 17.1. The molecule has 0 spiro atoms. The molecular weight excluding hydrogens is 342 g/mol. The number of nitrogens with two attached hydrogens (primary N) is 1. The number of carbonyl (C=O) groups is 1. The predicted octanol–water partition coefficient (Wildman–Crippen LogP) is 3.14. The maximum absolute atomic E-state index is 12.6. The van der Waals surface area contributed by atoms with Crippen LogP contribution in [-0.4, -0.2) is 20.3 Å². The molecule has 4 aromatic rings. The third-order valence-electron chi connectivity index (χ3n) is 4.03. The van der Waals surface area contributed by atoms with Crippen LogP contribution >= 0.6 is 0 Å². The van der Waals surface area contributed by atoms with Crippen LogP contribution < -0.4 is 15.8 Å². The zero-order valence-electron chi connectivity index (χ0n) is 14.4. The van der Waals surface area contributed by atoms with Crippen molar-refractivity contribution in [2.24, 2.45) is 0 Å². The van der Waals surface area contributed by atoms with E-state index in [4.69, 9.17) is 10.5 Å². The minimum absolute atomic E-state index is 0.231. The predicted molar refractivity (Wildman–Crippen MR) is 103 cm³/mol. The number of nitrogens with zero attached hydrogens (tertiary/aromatic N) is 3. The van der Waals surface area contributed by atoms with Gasteiger partial charge in [-0.1, -0.05) is 36.4 Å². The van der Waals surface area contributed by atoms with E-state index in [-0.39, 0.29) is 11.7 Å². The summed E-state index contributed by atoms with van der Waals surface area (Å²) in [5.74, 6) is 0.869. The van der Waals surface area contributed by atoms with Crippen molar-refractivity contribution in [3.8, 4) is 5.75 Å². The van der Waals surface area contributed by atoms with E-state index in [0.29, 0.717) is 29.4 Å². The zero-order chi connectivity index (χ0) is 18.6. The molecule has 7 heteroatoms. The summed E-state index contributed by atoms with van der Waals surface area (Å²) in [6.45, 7) is 0.454. The molecule has 3 N–H and O–H groups in total. The van der Waals surface area contributed by atoms with Gasteiger partial charge in [0.25, 0.3) is 5.91 Å². The Kier molecular flexibility index (Phi) is 4.40. The first-order valence-corrected chi connectivity index (χ1v) is 8.36. The smallest absolute Gasteiger partial charge is 0.292 e. The lowest BCUT2D eigenvalue weighted by Crippen LogP contribution is -2.15. The molecule has 0 saturated heterocycles. The minimum atomic E-state index is -0.346. The highest BCUT2D eigenvalue weighted by Gasteiger charge is 2.14. The zero-order valence-corrected chi connectivity index (χ0v) is 14.4. The Morgan fingerprint density at radius 1 is 1.11 bits per heavy atom. The molecule has 2 aromatic heterocycles. The van der Waals surface area contributed by atoms with Crippen molar-refractivity contribution in [2.75, 3.05) is 11.1 Å². The van der Waals surface area contributed by atoms with Gasteiger partial charge in [-0.25, -0.2) is 9.97 Å². The molecule has 1 amide bonds. The average molecular weight is 359 g/mol. The van der Waals surface area contributed by atoms with Crippen molar-refractivity contribution in [3.05, 3.63) is 84.6 Å². The Morgan fingerprint density at radius 3 is 2.81 bits per heavy atom. The number of benzene rings is 2. The number of nitrogens with one attached hydrogen (secondary N) is 1. The first-order chi connectivity index (χ1) is 13.2. The van der Waals surface area contributed by atoms with Crippen molar-refractivity contribution in [2.45, 2.75) is 6.61 Å². The van der Waals surface area contributed by atoms with Gasteiger partial charge in [0.05, 0.1) is 6.20 Å². The van der Waals surface area contributed by atoms with Gasteiger partial charge in [-0.05, 0) is 17.7 Å². The molecule has 27 heavy (non-hydrogen) atoms. The maximum Gasteiger partial charge on any atom is 0.292 e. The standard InChI is InChI=1S/C20H17N5O2/c21-18-17-12-23-19(25(17)10-9-22-18)20(26)24-15-7-4-8-16(11-15)27-13-14-5-2-1-3-6-14/h1-12H,13H2,(H2,21,22)(H,24,26). The Bertz CT molecular complexity index is 1090. The van der Waals surface area contributed by atoms with Gasteiger partial charge in [-0.15, -0.1) is 0 Å². The molecule has 7 nitrogen and oxygen atoms in total. The number of fused-ring (bicyclic) bond motifs is 1. The lowest BCUT2D eigenvalue weighted by atomic mass is 10.2. The van der Waals surface area contributed by atoms with E-state index in [2.05, 4.69) is 15.3 Å². The second-order valence-electron chi connectivity index (χ2n) is 5.91. The third-order valence-corrected chi connectivity index (χ3v) is 4.03. The van der Waals surface area contributed by atoms with Gasteiger partial charge in [0.15, 0.2) is 0 Å². The maximum atomic E-state index is 12.6. The summed E-state index contributed by atoms with van der Waals surface area (Å²) in [4.78, 5) is 20.7. The summed E-state index contributed by atoms with van der Waals surface area (Å²) in [5.41, 5.74) is 8.08.